The monoisotopic (exact) mass is 463 g/mol. The van der Waals surface area contributed by atoms with E-state index < -0.39 is 6.29 Å². The van der Waals surface area contributed by atoms with E-state index in [4.69, 9.17) is 23.9 Å². The Morgan fingerprint density at radius 1 is 0.971 bits per heavy atom. The topological polar surface area (TPSA) is 68.8 Å². The van der Waals surface area contributed by atoms with Crippen molar-refractivity contribution in [3.63, 3.8) is 0 Å². The van der Waals surface area contributed by atoms with Crippen LogP contribution in [0, 0.1) is 5.41 Å². The van der Waals surface area contributed by atoms with Crippen LogP contribution in [0.5, 0.6) is 0 Å². The molecule has 0 aliphatic carbocycles. The zero-order valence-corrected chi connectivity index (χ0v) is 19.7. The second kappa shape index (κ2) is 10.8. The van der Waals surface area contributed by atoms with Gasteiger partial charge >= 0.3 is 0 Å². The highest BCUT2D eigenvalue weighted by Crippen LogP contribution is 2.35. The minimum absolute atomic E-state index is 0.182. The van der Waals surface area contributed by atoms with E-state index in [1.807, 2.05) is 36.4 Å². The van der Waals surface area contributed by atoms with Crippen molar-refractivity contribution in [3.8, 4) is 22.5 Å². The molecular weight excluding hydrogens is 430 g/mol. The summed E-state index contributed by atoms with van der Waals surface area (Å²) >= 11 is 0. The zero-order chi connectivity index (χ0) is 23.2. The molecule has 180 valence electrons. The van der Waals surface area contributed by atoms with Crippen LogP contribution in [0.2, 0.25) is 0 Å². The molecule has 2 aromatic carbocycles. The third-order valence-electron chi connectivity index (χ3n) is 6.33. The number of nitrogens with one attached hydrogen (secondary N) is 1. The van der Waals surface area contributed by atoms with Crippen molar-refractivity contribution in [1.29, 1.82) is 0 Å². The Bertz CT molecular complexity index is 970. The van der Waals surface area contributed by atoms with Gasteiger partial charge in [0.25, 0.3) is 0 Å². The van der Waals surface area contributed by atoms with E-state index in [-0.39, 0.29) is 5.41 Å². The minimum Gasteiger partial charge on any atom is -0.379 e. The molecule has 7 nitrogen and oxygen atoms in total. The number of nitrogens with zero attached hydrogens (tertiary/aromatic N) is 2. The number of aromatic amines is 1. The molecular formula is C27H33N3O4. The van der Waals surface area contributed by atoms with Gasteiger partial charge in [0.2, 0.25) is 6.29 Å². The molecule has 0 bridgehead atoms. The van der Waals surface area contributed by atoms with Crippen molar-refractivity contribution in [3.05, 3.63) is 66.5 Å². The van der Waals surface area contributed by atoms with E-state index in [1.165, 1.54) is 0 Å². The number of aromatic nitrogens is 2. The van der Waals surface area contributed by atoms with Gasteiger partial charge in [0, 0.05) is 36.2 Å². The van der Waals surface area contributed by atoms with Gasteiger partial charge in [0.05, 0.1) is 51.0 Å². The quantitative estimate of drug-likeness (QED) is 0.507. The molecule has 2 fully saturated rings. The molecule has 0 saturated carbocycles. The Kier molecular flexibility index (Phi) is 7.37. The summed E-state index contributed by atoms with van der Waals surface area (Å²) in [7, 11) is 0. The van der Waals surface area contributed by atoms with Crippen LogP contribution in [0.15, 0.2) is 60.7 Å². The number of hydrogen-bond donors (Lipinski definition) is 1. The second-order valence-electron chi connectivity index (χ2n) is 9.35. The van der Waals surface area contributed by atoms with Gasteiger partial charge in [0.15, 0.2) is 5.82 Å². The fourth-order valence-electron chi connectivity index (χ4n) is 4.34. The summed E-state index contributed by atoms with van der Waals surface area (Å²) in [4.78, 5) is 10.8. The molecule has 7 heteroatoms. The van der Waals surface area contributed by atoms with Crippen molar-refractivity contribution < 1.29 is 18.9 Å². The Morgan fingerprint density at radius 3 is 2.29 bits per heavy atom. The molecule has 1 aromatic heterocycles. The van der Waals surface area contributed by atoms with Crippen molar-refractivity contribution in [2.75, 3.05) is 59.3 Å². The number of hydrogen-bond acceptors (Lipinski definition) is 6. The van der Waals surface area contributed by atoms with Crippen LogP contribution in [0.4, 0.5) is 0 Å². The van der Waals surface area contributed by atoms with Crippen LogP contribution in [-0.4, -0.2) is 74.1 Å². The molecule has 0 atom stereocenters. The maximum absolute atomic E-state index is 6.14. The molecule has 0 spiro atoms. The first-order chi connectivity index (χ1) is 16.7. The van der Waals surface area contributed by atoms with Crippen LogP contribution in [-0.2, 0) is 18.9 Å². The lowest BCUT2D eigenvalue weighted by Crippen LogP contribution is -2.42. The summed E-state index contributed by atoms with van der Waals surface area (Å²) in [6.45, 7) is 9.07. The highest BCUT2D eigenvalue weighted by molar-refractivity contribution is 5.78. The van der Waals surface area contributed by atoms with Crippen LogP contribution in [0.1, 0.15) is 19.0 Å². The molecule has 5 rings (SSSR count). The van der Waals surface area contributed by atoms with Gasteiger partial charge in [-0.05, 0) is 0 Å². The number of morpholine rings is 1. The molecule has 2 aliphatic heterocycles. The van der Waals surface area contributed by atoms with E-state index in [0.29, 0.717) is 32.3 Å². The van der Waals surface area contributed by atoms with Gasteiger partial charge in [0.1, 0.15) is 0 Å². The second-order valence-corrected chi connectivity index (χ2v) is 9.35. The first kappa shape index (κ1) is 23.2. The maximum Gasteiger partial charge on any atom is 0.217 e. The maximum atomic E-state index is 6.14. The summed E-state index contributed by atoms with van der Waals surface area (Å²) in [5, 5.41) is 0. The van der Waals surface area contributed by atoms with E-state index >= 15 is 0 Å². The van der Waals surface area contributed by atoms with Crippen LogP contribution in [0.3, 0.4) is 0 Å². The predicted octanol–water partition coefficient (Wildman–Crippen LogP) is 4.14. The van der Waals surface area contributed by atoms with Crippen LogP contribution >= 0.6 is 0 Å². The third-order valence-corrected chi connectivity index (χ3v) is 6.33. The Hall–Kier alpha value is -2.55. The molecule has 2 aliphatic rings. The standard InChI is InChI=1S/C27H33N3O4/c1-27(18-32-17-14-30-12-15-31-16-13-30)19-33-26(34-20-27)25-28-23(21-8-4-2-5-9-21)24(29-25)22-10-6-3-7-11-22/h2-11,26H,12-20H2,1H3,(H,28,29)/t26-,27-. The normalized spacial score (nSPS) is 23.7. The molecule has 0 amide bonds. The first-order valence-corrected chi connectivity index (χ1v) is 12.0. The lowest BCUT2D eigenvalue weighted by atomic mass is 9.93. The van der Waals surface area contributed by atoms with Gasteiger partial charge in [-0.3, -0.25) is 4.90 Å². The van der Waals surface area contributed by atoms with E-state index in [1.54, 1.807) is 0 Å². The zero-order valence-electron chi connectivity index (χ0n) is 19.7. The summed E-state index contributed by atoms with van der Waals surface area (Å²) < 4.78 is 23.7. The number of H-pyrrole nitrogens is 1. The van der Waals surface area contributed by atoms with Gasteiger partial charge in [-0.25, -0.2) is 4.98 Å². The van der Waals surface area contributed by atoms with Crippen molar-refractivity contribution in [1.82, 2.24) is 14.9 Å². The van der Waals surface area contributed by atoms with Gasteiger partial charge in [-0.2, -0.15) is 0 Å². The Balaban J connectivity index is 1.22. The number of ether oxygens (including phenoxy) is 4. The molecule has 2 saturated heterocycles. The van der Waals surface area contributed by atoms with Crippen LogP contribution < -0.4 is 0 Å². The Morgan fingerprint density at radius 2 is 1.62 bits per heavy atom. The van der Waals surface area contributed by atoms with Crippen molar-refractivity contribution in [2.24, 2.45) is 5.41 Å². The number of rotatable bonds is 8. The van der Waals surface area contributed by atoms with E-state index in [0.717, 1.165) is 55.4 Å². The first-order valence-electron chi connectivity index (χ1n) is 12.0. The van der Waals surface area contributed by atoms with Gasteiger partial charge in [-0.15, -0.1) is 0 Å². The fourth-order valence-corrected chi connectivity index (χ4v) is 4.34. The Labute approximate surface area is 201 Å². The van der Waals surface area contributed by atoms with Crippen molar-refractivity contribution in [2.45, 2.75) is 13.2 Å². The van der Waals surface area contributed by atoms with Gasteiger partial charge in [-0.1, -0.05) is 67.6 Å². The molecule has 1 N–H and O–H groups in total. The summed E-state index contributed by atoms with van der Waals surface area (Å²) in [5.74, 6) is 0.688. The summed E-state index contributed by atoms with van der Waals surface area (Å²) in [6.07, 6.45) is -0.527. The van der Waals surface area contributed by atoms with Gasteiger partial charge < -0.3 is 23.9 Å². The highest BCUT2D eigenvalue weighted by Gasteiger charge is 2.35. The molecule has 3 aromatic rings. The largest absolute Gasteiger partial charge is 0.379 e. The minimum atomic E-state index is -0.527. The average molecular weight is 464 g/mol. The average Bonchev–Trinajstić information content (AvgIpc) is 3.34. The summed E-state index contributed by atoms with van der Waals surface area (Å²) in [5.41, 5.74) is 3.81. The molecule has 0 radical (unpaired) electrons. The van der Waals surface area contributed by atoms with E-state index in [9.17, 15) is 0 Å². The van der Waals surface area contributed by atoms with Crippen LogP contribution in [0.25, 0.3) is 22.5 Å². The molecule has 0 unspecified atom stereocenters. The highest BCUT2D eigenvalue weighted by atomic mass is 16.7. The fraction of sp³-hybridized carbons (Fsp3) is 0.444. The molecule has 34 heavy (non-hydrogen) atoms. The summed E-state index contributed by atoms with van der Waals surface area (Å²) in [6, 6.07) is 20.4. The lowest BCUT2D eigenvalue weighted by molar-refractivity contribution is -0.242. The molecule has 3 heterocycles. The number of benzene rings is 2. The third kappa shape index (κ3) is 5.56. The smallest absolute Gasteiger partial charge is 0.217 e. The van der Waals surface area contributed by atoms with Crippen molar-refractivity contribution >= 4 is 0 Å². The lowest BCUT2D eigenvalue weighted by Gasteiger charge is -2.36. The SMILES string of the molecule is C[C@]1(COCCN2CCOCC2)CO[C@H](c2nc(-c3ccccc3)c(-c3ccccc3)[nH]2)OC1. The predicted molar refractivity (Wildman–Crippen MR) is 130 cm³/mol. The number of imidazole rings is 1. The van der Waals surface area contributed by atoms with E-state index in [2.05, 4.69) is 41.1 Å².